The molecule has 3 aromatic heterocycles. The standard InChI is InChI=1S/C46H28N6/c47-29-30-23-25-32(26-24-30)45-48-44(31-13-3-1-4-14-31)49-46(50-45)37-19-9-12-22-40(37)52-38-20-10-7-17-34(38)35-27-28-41-42(43(35)52)36-18-8-11-21-39(36)51(41)33-15-5-2-6-16-33/h1-28H. The lowest BCUT2D eigenvalue weighted by Crippen LogP contribution is -2.03. The second kappa shape index (κ2) is 11.9. The molecule has 242 valence electrons. The molecule has 6 nitrogen and oxygen atoms in total. The molecule has 0 aliphatic heterocycles. The summed E-state index contributed by atoms with van der Waals surface area (Å²) in [5.74, 6) is 1.68. The van der Waals surface area contributed by atoms with Crippen LogP contribution in [0.4, 0.5) is 0 Å². The summed E-state index contributed by atoms with van der Waals surface area (Å²) in [4.78, 5) is 15.2. The third-order valence-corrected chi connectivity index (χ3v) is 9.81. The monoisotopic (exact) mass is 664 g/mol. The highest BCUT2D eigenvalue weighted by atomic mass is 15.1. The van der Waals surface area contributed by atoms with Gasteiger partial charge in [0.15, 0.2) is 17.5 Å². The lowest BCUT2D eigenvalue weighted by molar-refractivity contribution is 1.06. The lowest BCUT2D eigenvalue weighted by Gasteiger charge is -2.15. The Morgan fingerprint density at radius 2 is 1.00 bits per heavy atom. The van der Waals surface area contributed by atoms with Crippen molar-refractivity contribution in [3.05, 3.63) is 175 Å². The number of hydrogen-bond acceptors (Lipinski definition) is 4. The molecule has 0 saturated carbocycles. The van der Waals surface area contributed by atoms with Crippen LogP contribution in [0.2, 0.25) is 0 Å². The molecule has 0 aliphatic rings. The van der Waals surface area contributed by atoms with Crippen LogP contribution in [0, 0.1) is 11.3 Å². The molecule has 10 rings (SSSR count). The molecule has 6 heteroatoms. The van der Waals surface area contributed by atoms with Crippen molar-refractivity contribution in [2.75, 3.05) is 0 Å². The molecule has 52 heavy (non-hydrogen) atoms. The Labute approximate surface area is 299 Å². The first-order chi connectivity index (χ1) is 25.8. The largest absolute Gasteiger partial charge is 0.309 e. The maximum Gasteiger partial charge on any atom is 0.166 e. The van der Waals surface area contributed by atoms with E-state index in [1.807, 2.05) is 48.5 Å². The van der Waals surface area contributed by atoms with E-state index in [9.17, 15) is 5.26 Å². The van der Waals surface area contributed by atoms with Crippen LogP contribution in [-0.2, 0) is 0 Å². The normalized spacial score (nSPS) is 11.4. The topological polar surface area (TPSA) is 72.3 Å². The van der Waals surface area contributed by atoms with Gasteiger partial charge in [0.25, 0.3) is 0 Å². The van der Waals surface area contributed by atoms with E-state index in [0.29, 0.717) is 23.0 Å². The second-order valence-corrected chi connectivity index (χ2v) is 12.8. The van der Waals surface area contributed by atoms with E-state index in [1.54, 1.807) is 12.1 Å². The van der Waals surface area contributed by atoms with Crippen LogP contribution in [0.1, 0.15) is 5.56 Å². The van der Waals surface area contributed by atoms with Gasteiger partial charge in [-0.25, -0.2) is 15.0 Å². The summed E-state index contributed by atoms with van der Waals surface area (Å²) in [5.41, 5.74) is 9.75. The van der Waals surface area contributed by atoms with Crippen LogP contribution < -0.4 is 0 Å². The number of para-hydroxylation sites is 4. The van der Waals surface area contributed by atoms with E-state index >= 15 is 0 Å². The highest BCUT2D eigenvalue weighted by Crippen LogP contribution is 2.43. The fourth-order valence-corrected chi connectivity index (χ4v) is 7.51. The van der Waals surface area contributed by atoms with E-state index < -0.39 is 0 Å². The summed E-state index contributed by atoms with van der Waals surface area (Å²) in [6.45, 7) is 0. The molecule has 0 bridgehead atoms. The van der Waals surface area contributed by atoms with Crippen molar-refractivity contribution in [1.82, 2.24) is 24.1 Å². The summed E-state index contributed by atoms with van der Waals surface area (Å²) in [5, 5.41) is 14.2. The van der Waals surface area contributed by atoms with Crippen LogP contribution in [-0.4, -0.2) is 24.1 Å². The molecule has 0 spiro atoms. The SMILES string of the molecule is N#Cc1ccc(-c2nc(-c3ccccc3)nc(-c3ccccc3-n3c4ccccc4c4ccc5c(c6ccccc6n5-c5ccccc5)c43)n2)cc1. The number of nitrogens with zero attached hydrogens (tertiary/aromatic N) is 6. The minimum absolute atomic E-state index is 0.540. The average molecular weight is 665 g/mol. The number of hydrogen-bond donors (Lipinski definition) is 0. The van der Waals surface area contributed by atoms with E-state index in [-0.39, 0.29) is 0 Å². The van der Waals surface area contributed by atoms with Crippen LogP contribution in [0.15, 0.2) is 170 Å². The molecule has 7 aromatic carbocycles. The van der Waals surface area contributed by atoms with Crippen LogP contribution in [0.3, 0.4) is 0 Å². The molecule has 0 aliphatic carbocycles. The lowest BCUT2D eigenvalue weighted by atomic mass is 10.1. The Morgan fingerprint density at radius 1 is 0.423 bits per heavy atom. The fourth-order valence-electron chi connectivity index (χ4n) is 7.51. The van der Waals surface area contributed by atoms with Crippen molar-refractivity contribution in [3.63, 3.8) is 0 Å². The van der Waals surface area contributed by atoms with E-state index in [4.69, 9.17) is 15.0 Å². The van der Waals surface area contributed by atoms with Gasteiger partial charge in [-0.15, -0.1) is 0 Å². The molecule has 0 unspecified atom stereocenters. The minimum atomic E-state index is 0.540. The van der Waals surface area contributed by atoms with Gasteiger partial charge in [-0.05, 0) is 66.7 Å². The third-order valence-electron chi connectivity index (χ3n) is 9.81. The zero-order valence-electron chi connectivity index (χ0n) is 27.8. The molecular weight excluding hydrogens is 637 g/mol. The Balaban J connectivity index is 1.30. The predicted molar refractivity (Wildman–Crippen MR) is 210 cm³/mol. The first-order valence-electron chi connectivity index (χ1n) is 17.2. The first-order valence-corrected chi connectivity index (χ1v) is 17.2. The maximum absolute atomic E-state index is 9.45. The molecule has 0 radical (unpaired) electrons. The summed E-state index contributed by atoms with van der Waals surface area (Å²) < 4.78 is 4.75. The quantitative estimate of drug-likeness (QED) is 0.184. The van der Waals surface area contributed by atoms with Gasteiger partial charge >= 0.3 is 0 Å². The van der Waals surface area contributed by atoms with Gasteiger partial charge in [0, 0.05) is 43.9 Å². The van der Waals surface area contributed by atoms with Gasteiger partial charge < -0.3 is 9.13 Å². The van der Waals surface area contributed by atoms with Gasteiger partial charge in [-0.3, -0.25) is 0 Å². The Hall–Kier alpha value is -7.36. The molecule has 0 N–H and O–H groups in total. The minimum Gasteiger partial charge on any atom is -0.309 e. The van der Waals surface area contributed by atoms with E-state index in [1.165, 1.54) is 21.5 Å². The van der Waals surface area contributed by atoms with Gasteiger partial charge in [0.2, 0.25) is 0 Å². The van der Waals surface area contributed by atoms with Gasteiger partial charge in [-0.2, -0.15) is 5.26 Å². The maximum atomic E-state index is 9.45. The summed E-state index contributed by atoms with van der Waals surface area (Å²) >= 11 is 0. The number of rotatable bonds is 5. The van der Waals surface area contributed by atoms with Crippen molar-refractivity contribution in [2.45, 2.75) is 0 Å². The van der Waals surface area contributed by atoms with E-state index in [2.05, 4.69) is 124 Å². The smallest absolute Gasteiger partial charge is 0.166 e. The van der Waals surface area contributed by atoms with Crippen molar-refractivity contribution < 1.29 is 0 Å². The molecule has 0 atom stereocenters. The summed E-state index contributed by atoms with van der Waals surface area (Å²) in [6.07, 6.45) is 0. The zero-order chi connectivity index (χ0) is 34.6. The molecule has 0 fully saturated rings. The average Bonchev–Trinajstić information content (AvgIpc) is 3.74. The van der Waals surface area contributed by atoms with Crippen LogP contribution >= 0.6 is 0 Å². The second-order valence-electron chi connectivity index (χ2n) is 12.8. The van der Waals surface area contributed by atoms with Crippen molar-refractivity contribution >= 4 is 43.6 Å². The summed E-state index contributed by atoms with van der Waals surface area (Å²) in [6, 6.07) is 60.3. The third kappa shape index (κ3) is 4.61. The molecule has 10 aromatic rings. The number of fused-ring (bicyclic) bond motifs is 7. The summed E-state index contributed by atoms with van der Waals surface area (Å²) in [7, 11) is 0. The van der Waals surface area contributed by atoms with E-state index in [0.717, 1.165) is 50.1 Å². The molecule has 0 amide bonds. The van der Waals surface area contributed by atoms with Gasteiger partial charge in [-0.1, -0.05) is 103 Å². The van der Waals surface area contributed by atoms with Gasteiger partial charge in [0.05, 0.1) is 39.4 Å². The molecular formula is C46H28N6. The number of aromatic nitrogens is 5. The van der Waals surface area contributed by atoms with Crippen molar-refractivity contribution in [1.29, 1.82) is 5.26 Å². The molecule has 3 heterocycles. The number of nitriles is 1. The fraction of sp³-hybridized carbons (Fsp3) is 0. The van der Waals surface area contributed by atoms with Crippen molar-refractivity contribution in [2.24, 2.45) is 0 Å². The van der Waals surface area contributed by atoms with Crippen LogP contribution in [0.25, 0.3) is 89.2 Å². The predicted octanol–water partition coefficient (Wildman–Crippen LogP) is 10.9. The Morgan fingerprint density at radius 3 is 1.73 bits per heavy atom. The zero-order valence-corrected chi connectivity index (χ0v) is 27.8. The van der Waals surface area contributed by atoms with Crippen molar-refractivity contribution in [3.8, 4) is 51.6 Å². The first kappa shape index (κ1) is 29.5. The highest BCUT2D eigenvalue weighted by Gasteiger charge is 2.23. The Kier molecular flexibility index (Phi) is 6.76. The van der Waals surface area contributed by atoms with Gasteiger partial charge in [0.1, 0.15) is 0 Å². The van der Waals surface area contributed by atoms with Crippen LogP contribution in [0.5, 0.6) is 0 Å². The number of benzene rings is 7. The Bertz CT molecular complexity index is 3010. The molecule has 0 saturated heterocycles. The highest BCUT2D eigenvalue weighted by molar-refractivity contribution is 6.26.